The monoisotopic (exact) mass is 690 g/mol. The number of amides is 2. The number of anilines is 1. The fraction of sp³-hybridized carbons (Fsp3) is 0.389. The number of hydrogen-bond donors (Lipinski definition) is 3. The zero-order valence-electron chi connectivity index (χ0n) is 26.2. The number of halogens is 7. The molecule has 3 aromatic carbocycles. The number of allylic oxidation sites excluding steroid dienone is 1. The van der Waals surface area contributed by atoms with E-state index in [-0.39, 0.29) is 51.9 Å². The first-order valence-electron chi connectivity index (χ1n) is 15.9. The molecule has 49 heavy (non-hydrogen) atoms. The van der Waals surface area contributed by atoms with Gasteiger partial charge in [0.2, 0.25) is 5.91 Å². The van der Waals surface area contributed by atoms with E-state index in [2.05, 4.69) is 16.7 Å². The number of carbonyl (C=O) groups is 2. The summed E-state index contributed by atoms with van der Waals surface area (Å²) in [6.45, 7) is 0. The van der Waals surface area contributed by atoms with Crippen LogP contribution in [0.15, 0.2) is 66.2 Å². The molecule has 2 amide bonds. The Kier molecular flexibility index (Phi) is 9.49. The van der Waals surface area contributed by atoms with E-state index in [0.717, 1.165) is 55.5 Å². The number of carbonyl (C=O) groups excluding carboxylic acids is 2. The summed E-state index contributed by atoms with van der Waals surface area (Å²) < 4.78 is 100. The number of rotatable bonds is 10. The highest BCUT2D eigenvalue weighted by atomic mass is 19.4. The second-order valence-electron chi connectivity index (χ2n) is 12.8. The lowest BCUT2D eigenvalue weighted by Gasteiger charge is -2.31. The summed E-state index contributed by atoms with van der Waals surface area (Å²) in [6, 6.07) is 9.03. The smallest absolute Gasteiger partial charge is 0.419 e. The van der Waals surface area contributed by atoms with Gasteiger partial charge >= 0.3 is 6.18 Å². The number of hydrogen-bond acceptors (Lipinski definition) is 4. The molecule has 260 valence electrons. The second-order valence-corrected chi connectivity index (χ2v) is 12.8. The van der Waals surface area contributed by atoms with Crippen molar-refractivity contribution in [1.82, 2.24) is 5.32 Å². The molecule has 6 nitrogen and oxygen atoms in total. The van der Waals surface area contributed by atoms with Crippen molar-refractivity contribution in [3.63, 3.8) is 0 Å². The van der Waals surface area contributed by atoms with E-state index < -0.39 is 59.7 Å². The minimum absolute atomic E-state index is 0.0175. The van der Waals surface area contributed by atoms with Crippen LogP contribution in [0.5, 0.6) is 5.75 Å². The Hall–Kier alpha value is -4.39. The maximum absolute atomic E-state index is 14.9. The number of aliphatic hydroxyl groups is 1. The van der Waals surface area contributed by atoms with Crippen LogP contribution in [0.4, 0.5) is 36.4 Å². The van der Waals surface area contributed by atoms with Crippen LogP contribution < -0.4 is 15.4 Å². The van der Waals surface area contributed by atoms with Crippen molar-refractivity contribution in [2.45, 2.75) is 56.9 Å². The van der Waals surface area contributed by atoms with Gasteiger partial charge in [-0.2, -0.15) is 13.2 Å². The van der Waals surface area contributed by atoms with Crippen LogP contribution in [0.1, 0.15) is 59.7 Å². The summed E-state index contributed by atoms with van der Waals surface area (Å²) in [4.78, 5) is 27.2. The highest BCUT2D eigenvalue weighted by Gasteiger charge is 2.52. The van der Waals surface area contributed by atoms with Crippen molar-refractivity contribution < 1.29 is 50.2 Å². The molecule has 3 aromatic rings. The molecule has 3 aliphatic rings. The summed E-state index contributed by atoms with van der Waals surface area (Å²) in [5.74, 6) is -3.40. The first-order valence-corrected chi connectivity index (χ1v) is 15.9. The first kappa shape index (κ1) is 34.5. The molecule has 0 spiro atoms. The highest BCUT2D eigenvalue weighted by Crippen LogP contribution is 2.55. The van der Waals surface area contributed by atoms with Crippen LogP contribution >= 0.6 is 0 Å². The third-order valence-electron chi connectivity index (χ3n) is 9.71. The highest BCUT2D eigenvalue weighted by molar-refractivity contribution is 5.99. The third-order valence-corrected chi connectivity index (χ3v) is 9.71. The molecule has 0 heterocycles. The first-order chi connectivity index (χ1) is 23.2. The van der Waals surface area contributed by atoms with Crippen molar-refractivity contribution in [3.8, 4) is 16.9 Å². The molecule has 2 bridgehead atoms. The molecule has 6 rings (SSSR count). The molecule has 0 radical (unpaired) electrons. The topological polar surface area (TPSA) is 87.7 Å². The Morgan fingerprint density at radius 3 is 2.35 bits per heavy atom. The maximum Gasteiger partial charge on any atom is 0.419 e. The summed E-state index contributed by atoms with van der Waals surface area (Å²) >= 11 is 0. The van der Waals surface area contributed by atoms with Crippen LogP contribution in [0.25, 0.3) is 11.1 Å². The lowest BCUT2D eigenvalue weighted by Crippen LogP contribution is -2.45. The molecule has 0 saturated heterocycles. The molecule has 3 N–H and O–H groups in total. The normalized spacial score (nSPS) is 23.2. The number of benzene rings is 3. The quantitative estimate of drug-likeness (QED) is 0.148. The fourth-order valence-electron chi connectivity index (χ4n) is 7.25. The van der Waals surface area contributed by atoms with Crippen molar-refractivity contribution in [3.05, 3.63) is 94.6 Å². The van der Waals surface area contributed by atoms with Crippen LogP contribution in [0, 0.1) is 35.3 Å². The van der Waals surface area contributed by atoms with E-state index in [4.69, 9.17) is 4.74 Å². The number of methoxy groups -OCH3 is 1. The van der Waals surface area contributed by atoms with Gasteiger partial charge < -0.3 is 20.5 Å². The van der Waals surface area contributed by atoms with E-state index in [1.807, 2.05) is 0 Å². The zero-order valence-corrected chi connectivity index (χ0v) is 26.2. The predicted molar refractivity (Wildman–Crippen MR) is 166 cm³/mol. The van der Waals surface area contributed by atoms with Gasteiger partial charge in [0.25, 0.3) is 12.3 Å². The van der Waals surface area contributed by atoms with E-state index in [1.165, 1.54) is 25.3 Å². The van der Waals surface area contributed by atoms with Gasteiger partial charge in [-0.3, -0.25) is 9.59 Å². The van der Waals surface area contributed by atoms with Crippen LogP contribution in [-0.4, -0.2) is 36.5 Å². The van der Waals surface area contributed by atoms with Gasteiger partial charge in [0.1, 0.15) is 23.5 Å². The molecule has 0 aliphatic heterocycles. The largest absolute Gasteiger partial charge is 0.496 e. The van der Waals surface area contributed by atoms with Crippen molar-refractivity contribution in [1.29, 1.82) is 0 Å². The molecular formula is C36H33F7N2O4. The Morgan fingerprint density at radius 1 is 0.959 bits per heavy atom. The third kappa shape index (κ3) is 7.17. The Labute approximate surface area is 277 Å². The fourth-order valence-corrected chi connectivity index (χ4v) is 7.25. The van der Waals surface area contributed by atoms with Gasteiger partial charge in [0, 0.05) is 29.6 Å². The summed E-state index contributed by atoms with van der Waals surface area (Å²) in [7, 11) is 1.34. The Morgan fingerprint density at radius 2 is 1.67 bits per heavy atom. The Balaban J connectivity index is 1.27. The van der Waals surface area contributed by atoms with E-state index in [1.54, 1.807) is 0 Å². The van der Waals surface area contributed by atoms with Gasteiger partial charge in [-0.05, 0) is 97.0 Å². The molecule has 13 heteroatoms. The molecule has 3 aliphatic carbocycles. The van der Waals surface area contributed by atoms with Gasteiger partial charge in [-0.25, -0.2) is 17.6 Å². The maximum atomic E-state index is 14.9. The van der Waals surface area contributed by atoms with Gasteiger partial charge in [0.05, 0.1) is 18.2 Å². The predicted octanol–water partition coefficient (Wildman–Crippen LogP) is 8.08. The zero-order chi connectivity index (χ0) is 35.2. The van der Waals surface area contributed by atoms with E-state index >= 15 is 0 Å². The second kappa shape index (κ2) is 13.5. The van der Waals surface area contributed by atoms with E-state index in [9.17, 15) is 45.4 Å². The molecule has 3 saturated carbocycles. The number of nitrogens with one attached hydrogen (secondary N) is 2. The SMILES string of the molecule is COc1ccc(-c2cc(C(O)C(F)F)ccc2F)cc1C(=O)N[C@@H]1[C@@H](CC(=O)Nc2ccc(F)c(C(F)(F)F)c2)[C@H]2CC[C@@H]1/C2=C\C1CC1. The van der Waals surface area contributed by atoms with Crippen LogP contribution in [0.2, 0.25) is 0 Å². The summed E-state index contributed by atoms with van der Waals surface area (Å²) in [6.07, 6.45) is -4.52. The molecule has 0 aromatic heterocycles. The number of aliphatic hydroxyl groups excluding tert-OH is 1. The minimum atomic E-state index is -4.95. The summed E-state index contributed by atoms with van der Waals surface area (Å²) in [5.41, 5.74) is -0.711. The van der Waals surface area contributed by atoms with Crippen LogP contribution in [0.3, 0.4) is 0 Å². The van der Waals surface area contributed by atoms with Gasteiger partial charge in [0.15, 0.2) is 0 Å². The van der Waals surface area contributed by atoms with Gasteiger partial charge in [-0.1, -0.05) is 23.8 Å². The molecule has 3 fully saturated rings. The molecule has 5 atom stereocenters. The van der Waals surface area contributed by atoms with E-state index in [0.29, 0.717) is 18.1 Å². The number of alkyl halides is 5. The lowest BCUT2D eigenvalue weighted by atomic mass is 9.81. The Bertz CT molecular complexity index is 1790. The minimum Gasteiger partial charge on any atom is -0.496 e. The van der Waals surface area contributed by atoms with Crippen molar-refractivity contribution in [2.75, 3.05) is 12.4 Å². The van der Waals surface area contributed by atoms with Gasteiger partial charge in [-0.15, -0.1) is 0 Å². The molecular weight excluding hydrogens is 657 g/mol. The standard InChI is InChI=1S/C36H33F7N2O4/c1-49-30-11-5-18(23-14-19(4-9-28(23)37)33(47)34(39)40)13-26(30)35(48)45-32-22-8-7-21(24(22)12-17-2-3-17)25(32)16-31(46)44-20-6-10-29(38)27(15-20)36(41,42)43/h4-6,9-15,17,21-22,25,32-34,47H,2-3,7-8,16H2,1H3,(H,44,46)(H,45,48)/b24-12-/t21-,22+,25-,32-,33?/m0/s1. The molecule has 1 unspecified atom stereocenters. The van der Waals surface area contributed by atoms with Crippen molar-refractivity contribution >= 4 is 17.5 Å². The summed E-state index contributed by atoms with van der Waals surface area (Å²) in [5, 5.41) is 15.4. The van der Waals surface area contributed by atoms with Crippen LogP contribution in [-0.2, 0) is 11.0 Å². The number of fused-ring (bicyclic) bond motifs is 2. The van der Waals surface area contributed by atoms with Crippen molar-refractivity contribution in [2.24, 2.45) is 23.7 Å². The average Bonchev–Trinajstić information content (AvgIpc) is 3.74. The number of ether oxygens (including phenoxy) is 1. The average molecular weight is 691 g/mol. The lowest BCUT2D eigenvalue weighted by molar-refractivity contribution is -0.140.